The van der Waals surface area contributed by atoms with Crippen LogP contribution in [0.1, 0.15) is 18.4 Å². The van der Waals surface area contributed by atoms with Gasteiger partial charge in [0.25, 0.3) is 10.1 Å². The monoisotopic (exact) mass is 267 g/mol. The fourth-order valence-corrected chi connectivity index (χ4v) is 3.83. The van der Waals surface area contributed by atoms with Crippen molar-refractivity contribution in [2.24, 2.45) is 5.92 Å². The predicted octanol–water partition coefficient (Wildman–Crippen LogP) is 1.75. The Morgan fingerprint density at radius 1 is 1.28 bits per heavy atom. The Morgan fingerprint density at radius 2 is 2.00 bits per heavy atom. The first kappa shape index (κ1) is 12.1. The molecule has 0 saturated carbocycles. The first-order valence-corrected chi connectivity index (χ1v) is 7.69. The highest BCUT2D eigenvalue weighted by molar-refractivity contribution is 7.86. The average molecular weight is 267 g/mol. The lowest BCUT2D eigenvalue weighted by atomic mass is 10.1. The van der Waals surface area contributed by atoms with Crippen molar-refractivity contribution in [1.82, 2.24) is 4.90 Å². The van der Waals surface area contributed by atoms with E-state index < -0.39 is 10.1 Å². The van der Waals surface area contributed by atoms with Crippen LogP contribution in [-0.2, 0) is 14.3 Å². The Kier molecular flexibility index (Phi) is 2.92. The maximum atomic E-state index is 12.1. The van der Waals surface area contributed by atoms with Crippen molar-refractivity contribution in [2.75, 3.05) is 13.1 Å². The predicted molar refractivity (Wildman–Crippen MR) is 67.5 cm³/mol. The van der Waals surface area contributed by atoms with Gasteiger partial charge in [0.2, 0.25) is 0 Å². The van der Waals surface area contributed by atoms with Gasteiger partial charge in [-0.15, -0.1) is 0 Å². The van der Waals surface area contributed by atoms with Gasteiger partial charge < -0.3 is 0 Å². The van der Waals surface area contributed by atoms with Crippen LogP contribution in [0.2, 0.25) is 0 Å². The molecule has 0 N–H and O–H groups in total. The normalized spacial score (nSPS) is 30.8. The van der Waals surface area contributed by atoms with Crippen LogP contribution in [0, 0.1) is 12.8 Å². The van der Waals surface area contributed by atoms with Crippen LogP contribution in [0.5, 0.6) is 0 Å². The Morgan fingerprint density at radius 3 is 2.56 bits per heavy atom. The van der Waals surface area contributed by atoms with Crippen molar-refractivity contribution in [2.45, 2.75) is 30.9 Å². The fraction of sp³-hybridized carbons (Fsp3) is 0.538. The van der Waals surface area contributed by atoms with E-state index in [4.69, 9.17) is 4.18 Å². The molecule has 3 atom stereocenters. The molecule has 3 rings (SSSR count). The maximum absolute atomic E-state index is 12.1. The van der Waals surface area contributed by atoms with Crippen LogP contribution in [0.25, 0.3) is 0 Å². The van der Waals surface area contributed by atoms with Gasteiger partial charge in [-0.25, -0.2) is 4.18 Å². The van der Waals surface area contributed by atoms with Crippen molar-refractivity contribution >= 4 is 10.1 Å². The molecule has 0 aliphatic carbocycles. The van der Waals surface area contributed by atoms with Gasteiger partial charge in [-0.05, 0) is 37.8 Å². The highest BCUT2D eigenvalue weighted by Gasteiger charge is 2.40. The summed E-state index contributed by atoms with van der Waals surface area (Å²) in [6, 6.07) is 6.79. The van der Waals surface area contributed by atoms with Crippen molar-refractivity contribution < 1.29 is 12.6 Å². The second-order valence-corrected chi connectivity index (χ2v) is 6.78. The topological polar surface area (TPSA) is 46.6 Å². The van der Waals surface area contributed by atoms with Gasteiger partial charge >= 0.3 is 0 Å². The van der Waals surface area contributed by atoms with Gasteiger partial charge in [-0.1, -0.05) is 17.7 Å². The van der Waals surface area contributed by atoms with Gasteiger partial charge in [-0.3, -0.25) is 4.90 Å². The van der Waals surface area contributed by atoms with Crippen molar-refractivity contribution in [3.63, 3.8) is 0 Å². The van der Waals surface area contributed by atoms with Crippen molar-refractivity contribution in [3.8, 4) is 0 Å². The molecule has 2 aliphatic rings. The highest BCUT2D eigenvalue weighted by Crippen LogP contribution is 2.34. The second-order valence-electron chi connectivity index (χ2n) is 5.20. The third kappa shape index (κ3) is 2.18. The smallest absolute Gasteiger partial charge is 0.277 e. The molecule has 18 heavy (non-hydrogen) atoms. The first-order chi connectivity index (χ1) is 8.54. The van der Waals surface area contributed by atoms with Gasteiger partial charge in [0.15, 0.2) is 0 Å². The molecular formula is C13H17NO3S. The van der Waals surface area contributed by atoms with E-state index in [-0.39, 0.29) is 11.1 Å². The molecule has 98 valence electrons. The molecule has 2 bridgehead atoms. The molecule has 0 amide bonds. The Balaban J connectivity index is 1.77. The SMILES string of the molecule is Cc1ccc(S(=O)(=O)OC2CC3CCN2C3)cc1. The number of benzene rings is 1. The Bertz CT molecular complexity index is 538. The number of fused-ring (bicyclic) bond motifs is 2. The second kappa shape index (κ2) is 4.33. The lowest BCUT2D eigenvalue weighted by Crippen LogP contribution is -2.33. The van der Waals surface area contributed by atoms with Crippen LogP contribution in [-0.4, -0.2) is 32.6 Å². The molecular weight excluding hydrogens is 250 g/mol. The molecule has 4 nitrogen and oxygen atoms in total. The number of piperidine rings is 1. The molecule has 5 heteroatoms. The minimum absolute atomic E-state index is 0.247. The summed E-state index contributed by atoms with van der Waals surface area (Å²) in [5.41, 5.74) is 1.04. The van der Waals surface area contributed by atoms with Gasteiger partial charge in [0, 0.05) is 13.1 Å². The van der Waals surface area contributed by atoms with Crippen LogP contribution >= 0.6 is 0 Å². The molecule has 2 saturated heterocycles. The number of aryl methyl sites for hydroxylation is 1. The van der Waals surface area contributed by atoms with E-state index in [0.717, 1.165) is 25.1 Å². The van der Waals surface area contributed by atoms with Gasteiger partial charge in [0.1, 0.15) is 6.23 Å². The van der Waals surface area contributed by atoms with Crippen LogP contribution < -0.4 is 0 Å². The van der Waals surface area contributed by atoms with Crippen molar-refractivity contribution in [1.29, 1.82) is 0 Å². The largest absolute Gasteiger partial charge is 0.298 e. The molecule has 0 radical (unpaired) electrons. The van der Waals surface area contributed by atoms with Crippen LogP contribution in [0.4, 0.5) is 0 Å². The maximum Gasteiger partial charge on any atom is 0.298 e. The Labute approximate surface area is 108 Å². The van der Waals surface area contributed by atoms with Crippen molar-refractivity contribution in [3.05, 3.63) is 29.8 Å². The van der Waals surface area contributed by atoms with E-state index in [1.165, 1.54) is 6.42 Å². The average Bonchev–Trinajstić information content (AvgIpc) is 2.91. The molecule has 1 aromatic carbocycles. The van der Waals surface area contributed by atoms with E-state index >= 15 is 0 Å². The third-order valence-corrected chi connectivity index (χ3v) is 5.13. The Hall–Kier alpha value is -0.910. The minimum Gasteiger partial charge on any atom is -0.277 e. The van der Waals surface area contributed by atoms with E-state index in [2.05, 4.69) is 4.90 Å². The minimum atomic E-state index is -3.62. The van der Waals surface area contributed by atoms with E-state index in [1.54, 1.807) is 24.3 Å². The molecule has 0 aromatic heterocycles. The summed E-state index contributed by atoms with van der Waals surface area (Å²) in [5, 5.41) is 0. The number of hydrogen-bond donors (Lipinski definition) is 0. The zero-order chi connectivity index (χ0) is 12.8. The number of rotatable bonds is 3. The van der Waals surface area contributed by atoms with E-state index in [0.29, 0.717) is 5.92 Å². The summed E-state index contributed by atoms with van der Waals surface area (Å²) in [4.78, 5) is 2.37. The molecule has 0 spiro atoms. The summed E-state index contributed by atoms with van der Waals surface area (Å²) in [6.45, 7) is 3.87. The molecule has 2 fully saturated rings. The summed E-state index contributed by atoms with van der Waals surface area (Å²) in [6.07, 6.45) is 1.75. The number of hydrogen-bond acceptors (Lipinski definition) is 4. The zero-order valence-corrected chi connectivity index (χ0v) is 11.2. The van der Waals surface area contributed by atoms with Crippen LogP contribution in [0.3, 0.4) is 0 Å². The first-order valence-electron chi connectivity index (χ1n) is 6.28. The van der Waals surface area contributed by atoms with E-state index in [9.17, 15) is 8.42 Å². The molecule has 1 aromatic rings. The van der Waals surface area contributed by atoms with Gasteiger partial charge in [0.05, 0.1) is 4.90 Å². The summed E-state index contributed by atoms with van der Waals surface area (Å²) in [7, 11) is -3.62. The molecule has 3 unspecified atom stereocenters. The molecule has 2 aliphatic heterocycles. The lowest BCUT2D eigenvalue weighted by Gasteiger charge is -2.24. The molecule has 2 heterocycles. The van der Waals surface area contributed by atoms with E-state index in [1.807, 2.05) is 6.92 Å². The zero-order valence-electron chi connectivity index (χ0n) is 10.4. The van der Waals surface area contributed by atoms with Crippen LogP contribution in [0.15, 0.2) is 29.2 Å². The quantitative estimate of drug-likeness (QED) is 0.783. The lowest BCUT2D eigenvalue weighted by molar-refractivity contribution is 0.0614. The summed E-state index contributed by atoms with van der Waals surface area (Å²) in [5.74, 6) is 0.614. The third-order valence-electron chi connectivity index (χ3n) is 3.81. The standard InChI is InChI=1S/C13H17NO3S/c1-10-2-4-12(5-3-10)18(15,16)17-13-8-11-6-7-14(13)9-11/h2-5,11,13H,6-9H2,1H3. The number of nitrogens with zero attached hydrogens (tertiary/aromatic N) is 1. The van der Waals surface area contributed by atoms with Gasteiger partial charge in [-0.2, -0.15) is 8.42 Å². The summed E-state index contributed by atoms with van der Waals surface area (Å²) >= 11 is 0. The highest BCUT2D eigenvalue weighted by atomic mass is 32.2. The fourth-order valence-electron chi connectivity index (χ4n) is 2.76. The summed E-state index contributed by atoms with van der Waals surface area (Å²) < 4.78 is 29.6.